The monoisotopic (exact) mass is 400 g/mol. The van der Waals surface area contributed by atoms with Crippen LogP contribution in [0.1, 0.15) is 6.92 Å². The molecule has 0 amide bonds. The lowest BCUT2D eigenvalue weighted by atomic mass is 10.3. The van der Waals surface area contributed by atoms with Gasteiger partial charge in [0.1, 0.15) is 5.82 Å². The van der Waals surface area contributed by atoms with Crippen LogP contribution in [0.15, 0.2) is 51.7 Å². The van der Waals surface area contributed by atoms with Gasteiger partial charge in [-0.25, -0.2) is 26.2 Å². The van der Waals surface area contributed by atoms with E-state index in [4.69, 9.17) is 0 Å². The fraction of sp³-hybridized carbons (Fsp3) is 0.133. The minimum Gasteiger partial charge on any atom is -0.280 e. The molecule has 3 aromatic rings. The van der Waals surface area contributed by atoms with E-state index in [1.54, 1.807) is 6.07 Å². The predicted octanol–water partition coefficient (Wildman–Crippen LogP) is 3.03. The largest absolute Gasteiger partial charge is 0.280 e. The Morgan fingerprint density at radius 3 is 2.40 bits per heavy atom. The Bertz CT molecular complexity index is 1140. The molecule has 1 N–H and O–H groups in total. The number of rotatable bonds is 5. The number of sulfone groups is 1. The zero-order chi connectivity index (χ0) is 18.2. The third-order valence-corrected chi connectivity index (χ3v) is 8.00. The van der Waals surface area contributed by atoms with Gasteiger partial charge in [-0.2, -0.15) is 0 Å². The van der Waals surface area contributed by atoms with E-state index in [9.17, 15) is 21.2 Å². The summed E-state index contributed by atoms with van der Waals surface area (Å²) in [6, 6.07) is 8.99. The fourth-order valence-electron chi connectivity index (χ4n) is 2.05. The van der Waals surface area contributed by atoms with Crippen LogP contribution >= 0.6 is 11.3 Å². The lowest BCUT2D eigenvalue weighted by molar-refractivity contribution is 0.596. The molecule has 3 rings (SSSR count). The number of anilines is 1. The molecule has 6 nitrogen and oxygen atoms in total. The Morgan fingerprint density at radius 2 is 1.76 bits per heavy atom. The van der Waals surface area contributed by atoms with E-state index in [-0.39, 0.29) is 20.7 Å². The topological polar surface area (TPSA) is 93.2 Å². The minimum atomic E-state index is -3.88. The van der Waals surface area contributed by atoms with E-state index in [1.165, 1.54) is 19.1 Å². The normalized spacial score (nSPS) is 12.4. The van der Waals surface area contributed by atoms with Crippen molar-refractivity contribution in [2.75, 3.05) is 10.5 Å². The average molecular weight is 400 g/mol. The summed E-state index contributed by atoms with van der Waals surface area (Å²) in [6.45, 7) is 1.53. The molecule has 1 aromatic heterocycles. The summed E-state index contributed by atoms with van der Waals surface area (Å²) in [4.78, 5) is 4.00. The van der Waals surface area contributed by atoms with Crippen molar-refractivity contribution in [3.05, 3.63) is 48.3 Å². The van der Waals surface area contributed by atoms with Gasteiger partial charge in [-0.1, -0.05) is 6.92 Å². The lowest BCUT2D eigenvalue weighted by Crippen LogP contribution is -2.12. The number of aromatic nitrogens is 1. The smallest absolute Gasteiger partial charge is 0.261 e. The highest BCUT2D eigenvalue weighted by Crippen LogP contribution is 2.29. The van der Waals surface area contributed by atoms with E-state index >= 15 is 0 Å². The van der Waals surface area contributed by atoms with Crippen molar-refractivity contribution in [2.24, 2.45) is 0 Å². The molecule has 25 heavy (non-hydrogen) atoms. The SMILES string of the molecule is CCS(=O)(=O)c1nc2ccc(NS(=O)(=O)c3ccc(F)cc3)cc2s1. The second-order valence-corrected chi connectivity index (χ2v) is 10.3. The molecule has 10 heteroatoms. The molecule has 0 saturated carbocycles. The third kappa shape index (κ3) is 3.65. The van der Waals surface area contributed by atoms with Crippen molar-refractivity contribution >= 4 is 47.1 Å². The molecule has 0 atom stereocenters. The van der Waals surface area contributed by atoms with Gasteiger partial charge in [0, 0.05) is 0 Å². The maximum atomic E-state index is 12.9. The second-order valence-electron chi connectivity index (χ2n) is 5.13. The first-order valence-electron chi connectivity index (χ1n) is 7.13. The van der Waals surface area contributed by atoms with Gasteiger partial charge in [0.2, 0.25) is 14.2 Å². The quantitative estimate of drug-likeness (QED) is 0.711. The molecule has 132 valence electrons. The molecule has 0 radical (unpaired) electrons. The van der Waals surface area contributed by atoms with Crippen LogP contribution in [0.4, 0.5) is 10.1 Å². The van der Waals surface area contributed by atoms with Crippen molar-refractivity contribution in [2.45, 2.75) is 16.2 Å². The van der Waals surface area contributed by atoms with Gasteiger partial charge in [0.15, 0.2) is 0 Å². The summed E-state index contributed by atoms with van der Waals surface area (Å²) in [6.07, 6.45) is 0. The van der Waals surface area contributed by atoms with Crippen LogP contribution in [0.5, 0.6) is 0 Å². The van der Waals surface area contributed by atoms with Crippen molar-refractivity contribution in [3.63, 3.8) is 0 Å². The maximum absolute atomic E-state index is 12.9. The number of hydrogen-bond donors (Lipinski definition) is 1. The van der Waals surface area contributed by atoms with Crippen LogP contribution in [-0.2, 0) is 19.9 Å². The molecular weight excluding hydrogens is 387 g/mol. The summed E-state index contributed by atoms with van der Waals surface area (Å²) < 4.78 is 64.3. The first kappa shape index (κ1) is 17.8. The number of thiazole rings is 1. The van der Waals surface area contributed by atoms with Gasteiger partial charge in [-0.05, 0) is 42.5 Å². The summed E-state index contributed by atoms with van der Waals surface area (Å²) in [5.74, 6) is -0.591. The zero-order valence-electron chi connectivity index (χ0n) is 12.9. The van der Waals surface area contributed by atoms with Crippen molar-refractivity contribution in [1.29, 1.82) is 0 Å². The predicted molar refractivity (Wildman–Crippen MR) is 94.6 cm³/mol. The highest BCUT2D eigenvalue weighted by Gasteiger charge is 2.19. The van der Waals surface area contributed by atoms with Crippen LogP contribution in [0.2, 0.25) is 0 Å². The lowest BCUT2D eigenvalue weighted by Gasteiger charge is -2.07. The molecule has 0 saturated heterocycles. The van der Waals surface area contributed by atoms with E-state index in [0.29, 0.717) is 10.2 Å². The summed E-state index contributed by atoms with van der Waals surface area (Å²) >= 11 is 0.983. The zero-order valence-corrected chi connectivity index (χ0v) is 15.4. The molecule has 0 aliphatic carbocycles. The molecular formula is C15H13FN2O4S3. The third-order valence-electron chi connectivity index (χ3n) is 3.39. The molecule has 0 bridgehead atoms. The molecule has 0 aliphatic heterocycles. The minimum absolute atomic E-state index is 0.00328. The van der Waals surface area contributed by atoms with Gasteiger partial charge in [0.25, 0.3) is 10.0 Å². The van der Waals surface area contributed by atoms with Crippen molar-refractivity contribution in [3.8, 4) is 0 Å². The molecule has 0 aliphatic rings. The molecule has 1 heterocycles. The Kier molecular flexibility index (Phi) is 4.52. The van der Waals surface area contributed by atoms with Crippen LogP contribution in [-0.4, -0.2) is 27.6 Å². The summed E-state index contributed by atoms with van der Waals surface area (Å²) in [5, 5.41) is 0. The second kappa shape index (κ2) is 6.36. The van der Waals surface area contributed by atoms with Crippen molar-refractivity contribution < 1.29 is 21.2 Å². The van der Waals surface area contributed by atoms with E-state index in [1.807, 2.05) is 0 Å². The van der Waals surface area contributed by atoms with E-state index in [2.05, 4.69) is 9.71 Å². The van der Waals surface area contributed by atoms with Gasteiger partial charge < -0.3 is 0 Å². The maximum Gasteiger partial charge on any atom is 0.261 e. The number of fused-ring (bicyclic) bond motifs is 1. The fourth-order valence-corrected chi connectivity index (χ4v) is 5.45. The Morgan fingerprint density at radius 1 is 1.08 bits per heavy atom. The Labute approximate surface area is 148 Å². The number of halogens is 1. The van der Waals surface area contributed by atoms with Crippen molar-refractivity contribution in [1.82, 2.24) is 4.98 Å². The van der Waals surface area contributed by atoms with Crippen LogP contribution < -0.4 is 4.72 Å². The number of hydrogen-bond acceptors (Lipinski definition) is 6. The highest BCUT2D eigenvalue weighted by molar-refractivity contribution is 7.93. The van der Waals surface area contributed by atoms with Gasteiger partial charge in [-0.3, -0.25) is 4.72 Å². The Hall–Kier alpha value is -2.04. The van der Waals surface area contributed by atoms with Gasteiger partial charge >= 0.3 is 0 Å². The molecule has 2 aromatic carbocycles. The standard InChI is InChI=1S/C15H13FN2O4S3/c1-2-24(19,20)15-17-13-8-5-11(9-14(13)23-15)18-25(21,22)12-6-3-10(16)4-7-12/h3-9,18H,2H2,1H3. The van der Waals surface area contributed by atoms with Gasteiger partial charge in [0.05, 0.1) is 26.6 Å². The highest BCUT2D eigenvalue weighted by atomic mass is 32.2. The van der Waals surface area contributed by atoms with Crippen LogP contribution in [0.25, 0.3) is 10.2 Å². The number of benzene rings is 2. The average Bonchev–Trinajstić information content (AvgIpc) is 2.99. The molecule has 0 spiro atoms. The summed E-state index contributed by atoms with van der Waals surface area (Å²) in [7, 11) is -7.30. The van der Waals surface area contributed by atoms with E-state index in [0.717, 1.165) is 35.6 Å². The Balaban J connectivity index is 1.95. The first-order valence-corrected chi connectivity index (χ1v) is 11.1. The van der Waals surface area contributed by atoms with E-state index < -0.39 is 25.7 Å². The number of nitrogens with zero attached hydrogens (tertiary/aromatic N) is 1. The van der Waals surface area contributed by atoms with Crippen LogP contribution in [0, 0.1) is 5.82 Å². The van der Waals surface area contributed by atoms with Crippen LogP contribution in [0.3, 0.4) is 0 Å². The molecule has 0 fully saturated rings. The first-order chi connectivity index (χ1) is 11.7. The number of nitrogens with one attached hydrogen (secondary N) is 1. The number of sulfonamides is 1. The van der Waals surface area contributed by atoms with Gasteiger partial charge in [-0.15, -0.1) is 11.3 Å². The summed E-state index contributed by atoms with van der Waals surface area (Å²) in [5.41, 5.74) is 0.739. The molecule has 0 unspecified atom stereocenters.